The number of carbonyl (C=O) groups excluding carboxylic acids is 1. The van der Waals surface area contributed by atoms with Crippen molar-refractivity contribution in [3.05, 3.63) is 18.0 Å². The van der Waals surface area contributed by atoms with Gasteiger partial charge in [-0.1, -0.05) is 0 Å². The van der Waals surface area contributed by atoms with Crippen LogP contribution in [0.25, 0.3) is 0 Å². The van der Waals surface area contributed by atoms with Crippen LogP contribution in [0.3, 0.4) is 0 Å². The number of hydrogen-bond donors (Lipinski definition) is 0. The lowest BCUT2D eigenvalue weighted by Crippen LogP contribution is -2.41. The average Bonchev–Trinajstić information content (AvgIpc) is 2.90. The van der Waals surface area contributed by atoms with Gasteiger partial charge >= 0.3 is 0 Å². The maximum atomic E-state index is 12.7. The van der Waals surface area contributed by atoms with Gasteiger partial charge in [-0.15, -0.1) is 0 Å². The van der Waals surface area contributed by atoms with E-state index in [2.05, 4.69) is 10.00 Å². The van der Waals surface area contributed by atoms with Gasteiger partial charge in [0.15, 0.2) is 0 Å². The Hall–Kier alpha value is -1.40. The average molecular weight is 294 g/mol. The molecule has 0 aliphatic carbocycles. The summed E-state index contributed by atoms with van der Waals surface area (Å²) in [5.74, 6) is 0.0593. The van der Waals surface area contributed by atoms with Crippen LogP contribution >= 0.6 is 0 Å². The number of carbonyl (C=O) groups is 1. The Balaban J connectivity index is 2.08. The van der Waals surface area contributed by atoms with Gasteiger partial charge in [-0.05, 0) is 33.0 Å². The highest BCUT2D eigenvalue weighted by Crippen LogP contribution is 2.34. The fraction of sp³-hybridized carbons (Fsp3) is 0.733. The zero-order valence-corrected chi connectivity index (χ0v) is 13.5. The molecule has 0 N–H and O–H groups in total. The van der Waals surface area contributed by atoms with Gasteiger partial charge in [0, 0.05) is 40.0 Å². The van der Waals surface area contributed by atoms with E-state index >= 15 is 0 Å². The maximum Gasteiger partial charge on any atom is 0.228 e. The fourth-order valence-corrected chi connectivity index (χ4v) is 2.73. The van der Waals surface area contributed by atoms with E-state index in [1.165, 1.54) is 0 Å². The van der Waals surface area contributed by atoms with Crippen molar-refractivity contribution in [2.45, 2.75) is 18.9 Å². The molecule has 0 aromatic carbocycles. The van der Waals surface area contributed by atoms with Crippen LogP contribution in [0.1, 0.15) is 24.6 Å². The molecule has 2 heterocycles. The van der Waals surface area contributed by atoms with Gasteiger partial charge in [0.25, 0.3) is 0 Å². The quantitative estimate of drug-likeness (QED) is 0.810. The second-order valence-electron chi connectivity index (χ2n) is 5.98. The molecular weight excluding hydrogens is 268 g/mol. The molecule has 6 nitrogen and oxygen atoms in total. The molecule has 0 saturated carbocycles. The highest BCUT2D eigenvalue weighted by Gasteiger charge is 2.36. The zero-order chi connectivity index (χ0) is 15.4. The molecule has 118 valence electrons. The Kier molecular flexibility index (Phi) is 5.36. The molecular formula is C15H26N4O2. The predicted octanol–water partition coefficient (Wildman–Crippen LogP) is 0.908. The molecule has 0 spiro atoms. The number of nitrogens with zero attached hydrogens (tertiary/aromatic N) is 4. The van der Waals surface area contributed by atoms with Crippen LogP contribution in [0.4, 0.5) is 0 Å². The third-order valence-electron chi connectivity index (χ3n) is 4.05. The van der Waals surface area contributed by atoms with E-state index in [4.69, 9.17) is 4.74 Å². The summed E-state index contributed by atoms with van der Waals surface area (Å²) in [6, 6.07) is 1.94. The van der Waals surface area contributed by atoms with Crippen molar-refractivity contribution in [2.24, 2.45) is 13.0 Å². The minimum Gasteiger partial charge on any atom is -0.371 e. The van der Waals surface area contributed by atoms with E-state index in [-0.39, 0.29) is 17.9 Å². The summed E-state index contributed by atoms with van der Waals surface area (Å²) in [7, 11) is 7.80. The SMILES string of the molecule is CN(C)CCN(C)C(=O)[C@@H]1CCCO[C@H]1c1ccnn1C. The third-order valence-corrected chi connectivity index (χ3v) is 4.05. The first-order valence-electron chi connectivity index (χ1n) is 7.50. The number of rotatable bonds is 5. The Morgan fingerprint density at radius 1 is 1.43 bits per heavy atom. The Bertz CT molecular complexity index is 472. The highest BCUT2D eigenvalue weighted by molar-refractivity contribution is 5.79. The van der Waals surface area contributed by atoms with Crippen molar-refractivity contribution in [3.8, 4) is 0 Å². The lowest BCUT2D eigenvalue weighted by atomic mass is 9.91. The van der Waals surface area contributed by atoms with Gasteiger partial charge in [-0.2, -0.15) is 5.10 Å². The molecule has 1 aromatic heterocycles. The van der Waals surface area contributed by atoms with E-state index in [0.29, 0.717) is 6.61 Å². The number of hydrogen-bond acceptors (Lipinski definition) is 4. The molecule has 0 radical (unpaired) electrons. The number of aromatic nitrogens is 2. The third kappa shape index (κ3) is 3.83. The summed E-state index contributed by atoms with van der Waals surface area (Å²) < 4.78 is 7.70. The molecule has 1 amide bonds. The van der Waals surface area contributed by atoms with Crippen molar-refractivity contribution < 1.29 is 9.53 Å². The van der Waals surface area contributed by atoms with Crippen LogP contribution in [-0.2, 0) is 16.6 Å². The predicted molar refractivity (Wildman–Crippen MR) is 80.8 cm³/mol. The molecule has 1 aromatic rings. The normalized spacial score (nSPS) is 22.5. The van der Waals surface area contributed by atoms with Gasteiger partial charge in [0.2, 0.25) is 5.91 Å². The summed E-state index contributed by atoms with van der Waals surface area (Å²) in [4.78, 5) is 16.6. The van der Waals surface area contributed by atoms with Crippen molar-refractivity contribution in [1.29, 1.82) is 0 Å². The largest absolute Gasteiger partial charge is 0.371 e. The van der Waals surface area contributed by atoms with Crippen molar-refractivity contribution in [1.82, 2.24) is 19.6 Å². The maximum absolute atomic E-state index is 12.7. The number of aryl methyl sites for hydroxylation is 1. The Morgan fingerprint density at radius 3 is 2.81 bits per heavy atom. The van der Waals surface area contributed by atoms with Crippen molar-refractivity contribution in [2.75, 3.05) is 40.8 Å². The summed E-state index contributed by atoms with van der Waals surface area (Å²) in [6.45, 7) is 2.31. The lowest BCUT2D eigenvalue weighted by molar-refractivity contribution is -0.144. The minimum absolute atomic E-state index is 0.110. The number of likely N-dealkylation sites (N-methyl/N-ethyl adjacent to an activating group) is 2. The molecule has 1 aliphatic rings. The molecule has 2 rings (SSSR count). The van der Waals surface area contributed by atoms with Gasteiger partial charge < -0.3 is 14.5 Å². The number of amides is 1. The first kappa shape index (κ1) is 16.0. The molecule has 1 aliphatic heterocycles. The molecule has 1 fully saturated rings. The smallest absolute Gasteiger partial charge is 0.228 e. The van der Waals surface area contributed by atoms with Crippen LogP contribution in [0, 0.1) is 5.92 Å². The van der Waals surface area contributed by atoms with Crippen LogP contribution in [0.2, 0.25) is 0 Å². The minimum atomic E-state index is -0.180. The second kappa shape index (κ2) is 7.04. The summed E-state index contributed by atoms with van der Waals surface area (Å²) in [6.07, 6.45) is 3.39. The first-order chi connectivity index (χ1) is 10.0. The van der Waals surface area contributed by atoms with Gasteiger partial charge in [-0.25, -0.2) is 0 Å². The molecule has 1 saturated heterocycles. The summed E-state index contributed by atoms with van der Waals surface area (Å²) >= 11 is 0. The zero-order valence-electron chi connectivity index (χ0n) is 13.5. The first-order valence-corrected chi connectivity index (χ1v) is 7.50. The summed E-state index contributed by atoms with van der Waals surface area (Å²) in [5, 5.41) is 4.20. The highest BCUT2D eigenvalue weighted by atomic mass is 16.5. The second-order valence-corrected chi connectivity index (χ2v) is 5.98. The van der Waals surface area contributed by atoms with Crippen LogP contribution in [0.15, 0.2) is 12.3 Å². The molecule has 21 heavy (non-hydrogen) atoms. The van der Waals surface area contributed by atoms with Gasteiger partial charge in [0.1, 0.15) is 6.10 Å². The van der Waals surface area contributed by atoms with E-state index in [0.717, 1.165) is 31.6 Å². The van der Waals surface area contributed by atoms with E-state index in [1.807, 2.05) is 39.2 Å². The fourth-order valence-electron chi connectivity index (χ4n) is 2.73. The standard InChI is InChI=1S/C15H26N4O2/c1-17(2)9-10-18(3)15(20)12-6-5-11-21-14(12)13-7-8-16-19(13)4/h7-8,12,14H,5-6,9-11H2,1-4H3/t12-,14-/m1/s1. The monoisotopic (exact) mass is 294 g/mol. The molecule has 0 unspecified atom stereocenters. The molecule has 2 atom stereocenters. The van der Waals surface area contributed by atoms with E-state index in [9.17, 15) is 4.79 Å². The Morgan fingerprint density at radius 2 is 2.19 bits per heavy atom. The van der Waals surface area contributed by atoms with E-state index < -0.39 is 0 Å². The van der Waals surface area contributed by atoms with Crippen molar-refractivity contribution >= 4 is 5.91 Å². The van der Waals surface area contributed by atoms with Crippen molar-refractivity contribution in [3.63, 3.8) is 0 Å². The van der Waals surface area contributed by atoms with Crippen LogP contribution in [0.5, 0.6) is 0 Å². The van der Waals surface area contributed by atoms with Crippen LogP contribution < -0.4 is 0 Å². The van der Waals surface area contributed by atoms with Crippen LogP contribution in [-0.4, -0.2) is 66.3 Å². The molecule has 0 bridgehead atoms. The lowest BCUT2D eigenvalue weighted by Gasteiger charge is -2.33. The van der Waals surface area contributed by atoms with Gasteiger partial charge in [0.05, 0.1) is 11.6 Å². The van der Waals surface area contributed by atoms with E-state index in [1.54, 1.807) is 10.9 Å². The number of ether oxygens (including phenoxy) is 1. The topological polar surface area (TPSA) is 50.6 Å². The summed E-state index contributed by atoms with van der Waals surface area (Å²) in [5.41, 5.74) is 0.981. The molecule has 6 heteroatoms. The van der Waals surface area contributed by atoms with Gasteiger partial charge in [-0.3, -0.25) is 9.48 Å². The Labute approximate surface area is 126 Å².